The number of nitrogens with one attached hydrogen (secondary N) is 1. The van der Waals surface area contributed by atoms with Crippen LogP contribution >= 0.6 is 23.1 Å². The highest BCUT2D eigenvalue weighted by atomic mass is 32.2. The van der Waals surface area contributed by atoms with Crippen molar-refractivity contribution in [2.75, 3.05) is 12.0 Å². The van der Waals surface area contributed by atoms with Crippen molar-refractivity contribution in [1.82, 2.24) is 4.98 Å². The van der Waals surface area contributed by atoms with Gasteiger partial charge >= 0.3 is 4.87 Å². The SMILES string of the molecule is COc1ccccc1[C@H]1c2sc(=O)[nH]c2S[C@@H]2[C@H]3C[C@@H]([C@H]4C(=O)N(c5ccccc5)C(=O)[C@H]34)[C@@H]12. The second kappa shape index (κ2) is 7.33. The Kier molecular flexibility index (Phi) is 4.42. The molecule has 2 aliphatic heterocycles. The lowest BCUT2D eigenvalue weighted by Gasteiger charge is -2.43. The molecule has 0 unspecified atom stereocenters. The number of hydrogen-bond acceptors (Lipinski definition) is 6. The van der Waals surface area contributed by atoms with E-state index in [0.29, 0.717) is 5.69 Å². The highest BCUT2D eigenvalue weighted by Gasteiger charge is 2.69. The van der Waals surface area contributed by atoms with Crippen LogP contribution in [0.5, 0.6) is 5.75 Å². The average Bonchev–Trinajstić information content (AvgIpc) is 3.58. The fourth-order valence-electron chi connectivity index (χ4n) is 7.12. The van der Waals surface area contributed by atoms with Gasteiger partial charge in [0.15, 0.2) is 0 Å². The van der Waals surface area contributed by atoms with Gasteiger partial charge in [0.05, 0.1) is 29.7 Å². The first kappa shape index (κ1) is 20.5. The van der Waals surface area contributed by atoms with Gasteiger partial charge in [-0.3, -0.25) is 19.3 Å². The third kappa shape index (κ3) is 2.61. The molecule has 6 nitrogen and oxygen atoms in total. The third-order valence-electron chi connectivity index (χ3n) is 8.21. The Balaban J connectivity index is 1.36. The Morgan fingerprint density at radius 3 is 2.41 bits per heavy atom. The second-order valence-electron chi connectivity index (χ2n) is 9.55. The van der Waals surface area contributed by atoms with Crippen LogP contribution in [-0.2, 0) is 9.59 Å². The molecule has 2 aromatic carbocycles. The Bertz CT molecular complexity index is 1380. The summed E-state index contributed by atoms with van der Waals surface area (Å²) in [5.41, 5.74) is 1.71. The van der Waals surface area contributed by atoms with Gasteiger partial charge in [-0.2, -0.15) is 0 Å². The number of thiazole rings is 1. The number of nitrogens with zero attached hydrogens (tertiary/aromatic N) is 1. The number of hydrogen-bond donors (Lipinski definition) is 1. The molecule has 2 amide bonds. The first-order valence-corrected chi connectivity index (χ1v) is 13.2. The van der Waals surface area contributed by atoms with Crippen molar-refractivity contribution < 1.29 is 14.3 Å². The fraction of sp³-hybridized carbons (Fsp3) is 0.346. The lowest BCUT2D eigenvalue weighted by atomic mass is 9.68. The molecule has 2 aliphatic carbocycles. The number of aromatic nitrogens is 1. The van der Waals surface area contributed by atoms with Gasteiger partial charge in [0, 0.05) is 21.6 Å². The number of carbonyl (C=O) groups excluding carboxylic acids is 2. The van der Waals surface area contributed by atoms with E-state index in [1.807, 2.05) is 48.5 Å². The van der Waals surface area contributed by atoms with E-state index in [1.54, 1.807) is 18.9 Å². The number of carbonyl (C=O) groups is 2. The molecule has 7 atom stereocenters. The number of aromatic amines is 1. The molecule has 3 heterocycles. The van der Waals surface area contributed by atoms with E-state index >= 15 is 0 Å². The van der Waals surface area contributed by atoms with Crippen LogP contribution in [0.2, 0.25) is 0 Å². The van der Waals surface area contributed by atoms with Crippen molar-refractivity contribution in [3.05, 3.63) is 74.7 Å². The number of methoxy groups -OCH3 is 1. The number of para-hydroxylation sites is 2. The van der Waals surface area contributed by atoms with Gasteiger partial charge in [0.25, 0.3) is 0 Å². The van der Waals surface area contributed by atoms with Gasteiger partial charge < -0.3 is 9.72 Å². The number of anilines is 1. The molecular weight excluding hydrogens is 468 g/mol. The number of thioether (sulfide) groups is 1. The Morgan fingerprint density at radius 1 is 0.941 bits per heavy atom. The normalized spacial score (nSPS) is 33.1. The largest absolute Gasteiger partial charge is 0.496 e. The lowest BCUT2D eigenvalue weighted by molar-refractivity contribution is -0.123. The number of fused-ring (bicyclic) bond motifs is 9. The number of benzene rings is 2. The molecule has 0 spiro atoms. The monoisotopic (exact) mass is 490 g/mol. The molecule has 172 valence electrons. The van der Waals surface area contributed by atoms with E-state index in [-0.39, 0.29) is 57.4 Å². The average molecular weight is 491 g/mol. The molecule has 3 fully saturated rings. The summed E-state index contributed by atoms with van der Waals surface area (Å²) in [5.74, 6) is 0.427. The Hall–Kier alpha value is -2.84. The minimum atomic E-state index is -0.297. The van der Waals surface area contributed by atoms with Crippen LogP contribution in [0, 0.1) is 29.6 Å². The van der Waals surface area contributed by atoms with Gasteiger partial charge in [0.1, 0.15) is 5.75 Å². The molecule has 1 aromatic heterocycles. The van der Waals surface area contributed by atoms with Crippen LogP contribution in [-0.4, -0.2) is 29.2 Å². The predicted molar refractivity (Wildman–Crippen MR) is 130 cm³/mol. The van der Waals surface area contributed by atoms with Gasteiger partial charge in [-0.15, -0.1) is 11.8 Å². The standard InChI is InChI=1S/C26H22N2O4S2/c1-32-16-10-6-5-9-13(16)17-18-14-11-15(21(18)33-23-22(17)34-26(31)27-23)20-19(14)24(29)28(25(20)30)12-7-3-2-4-8-12/h2-10,14-15,17-21H,11H2,1H3,(H,27,31)/t14-,15+,17-,18+,19-,20-,21-/m1/s1. The highest BCUT2D eigenvalue weighted by Crippen LogP contribution is 2.69. The number of rotatable bonds is 3. The summed E-state index contributed by atoms with van der Waals surface area (Å²) in [5, 5.41) is 1.08. The smallest absolute Gasteiger partial charge is 0.305 e. The minimum absolute atomic E-state index is 0.0361. The van der Waals surface area contributed by atoms with Gasteiger partial charge in [0.2, 0.25) is 11.8 Å². The van der Waals surface area contributed by atoms with Gasteiger partial charge in [-0.1, -0.05) is 47.7 Å². The van der Waals surface area contributed by atoms with Crippen LogP contribution in [0.15, 0.2) is 64.4 Å². The topological polar surface area (TPSA) is 79.5 Å². The third-order valence-corrected chi connectivity index (χ3v) is 10.8. The van der Waals surface area contributed by atoms with Crippen molar-refractivity contribution in [1.29, 1.82) is 0 Å². The molecule has 1 N–H and O–H groups in total. The quantitative estimate of drug-likeness (QED) is 0.559. The number of amides is 2. The highest BCUT2D eigenvalue weighted by molar-refractivity contribution is 8.00. The summed E-state index contributed by atoms with van der Waals surface area (Å²) in [6.45, 7) is 0. The molecule has 7 rings (SSSR count). The number of imide groups is 1. The summed E-state index contributed by atoms with van der Waals surface area (Å²) in [6.07, 6.45) is 0.878. The van der Waals surface area contributed by atoms with Crippen molar-refractivity contribution in [3.8, 4) is 5.75 Å². The maximum absolute atomic E-state index is 13.7. The van der Waals surface area contributed by atoms with Crippen LogP contribution in [0.3, 0.4) is 0 Å². The minimum Gasteiger partial charge on any atom is -0.496 e. The zero-order valence-electron chi connectivity index (χ0n) is 18.3. The summed E-state index contributed by atoms with van der Waals surface area (Å²) in [4.78, 5) is 45.1. The van der Waals surface area contributed by atoms with E-state index in [2.05, 4.69) is 11.1 Å². The van der Waals surface area contributed by atoms with Crippen molar-refractivity contribution in [3.63, 3.8) is 0 Å². The molecule has 2 bridgehead atoms. The second-order valence-corrected chi connectivity index (χ2v) is 11.8. The summed E-state index contributed by atoms with van der Waals surface area (Å²) in [7, 11) is 1.67. The summed E-state index contributed by atoms with van der Waals surface area (Å²) >= 11 is 2.97. The summed E-state index contributed by atoms with van der Waals surface area (Å²) in [6, 6.07) is 17.3. The van der Waals surface area contributed by atoms with Crippen LogP contribution in [0.4, 0.5) is 5.69 Å². The molecule has 1 saturated heterocycles. The van der Waals surface area contributed by atoms with Gasteiger partial charge in [-0.25, -0.2) is 0 Å². The van der Waals surface area contributed by atoms with E-state index in [9.17, 15) is 14.4 Å². The maximum atomic E-state index is 13.7. The maximum Gasteiger partial charge on any atom is 0.305 e. The predicted octanol–water partition coefficient (Wildman–Crippen LogP) is 4.12. The molecular formula is C26H22N2O4S2. The summed E-state index contributed by atoms with van der Waals surface area (Å²) < 4.78 is 5.73. The van der Waals surface area contributed by atoms with Crippen molar-refractivity contribution >= 4 is 40.6 Å². The van der Waals surface area contributed by atoms with Crippen LogP contribution in [0.1, 0.15) is 22.8 Å². The van der Waals surface area contributed by atoms with E-state index in [1.165, 1.54) is 16.2 Å². The lowest BCUT2D eigenvalue weighted by Crippen LogP contribution is -2.42. The Morgan fingerprint density at radius 2 is 1.65 bits per heavy atom. The molecule has 34 heavy (non-hydrogen) atoms. The Labute approximate surface area is 204 Å². The first-order chi connectivity index (χ1) is 16.6. The first-order valence-electron chi connectivity index (χ1n) is 11.5. The molecule has 8 heteroatoms. The fourth-order valence-corrected chi connectivity index (χ4v) is 10.00. The number of H-pyrrole nitrogens is 1. The van der Waals surface area contributed by atoms with Crippen molar-refractivity contribution in [2.45, 2.75) is 22.6 Å². The number of ether oxygens (including phenoxy) is 1. The molecule has 2 saturated carbocycles. The van der Waals surface area contributed by atoms with Crippen LogP contribution < -0.4 is 14.5 Å². The van der Waals surface area contributed by atoms with Gasteiger partial charge in [-0.05, 0) is 42.4 Å². The van der Waals surface area contributed by atoms with E-state index < -0.39 is 0 Å². The molecule has 4 aliphatic rings. The van der Waals surface area contributed by atoms with E-state index in [4.69, 9.17) is 4.74 Å². The zero-order chi connectivity index (χ0) is 23.1. The molecule has 0 radical (unpaired) electrons. The van der Waals surface area contributed by atoms with Crippen LogP contribution in [0.25, 0.3) is 0 Å². The van der Waals surface area contributed by atoms with E-state index in [0.717, 1.165) is 27.6 Å². The zero-order valence-corrected chi connectivity index (χ0v) is 20.0. The molecule has 3 aromatic rings. The van der Waals surface area contributed by atoms with Crippen molar-refractivity contribution in [2.24, 2.45) is 29.6 Å².